The molecule has 0 saturated heterocycles. The lowest BCUT2D eigenvalue weighted by atomic mass is 9.54. The minimum absolute atomic E-state index is 0.123. The summed E-state index contributed by atoms with van der Waals surface area (Å²) < 4.78 is 0. The molecular formula is C33H45NO2. The van der Waals surface area contributed by atoms with Crippen LogP contribution in [0, 0.1) is 11.8 Å². The summed E-state index contributed by atoms with van der Waals surface area (Å²) in [5.41, 5.74) is 5.68. The van der Waals surface area contributed by atoms with Crippen molar-refractivity contribution in [3.8, 4) is 0 Å². The number of aryl methyl sites for hydroxylation is 1. The van der Waals surface area contributed by atoms with Crippen molar-refractivity contribution in [2.45, 2.75) is 103 Å². The van der Waals surface area contributed by atoms with Crippen LogP contribution in [0.3, 0.4) is 0 Å². The molecular weight excluding hydrogens is 442 g/mol. The number of carbonyl (C=O) groups is 2. The molecule has 36 heavy (non-hydrogen) atoms. The van der Waals surface area contributed by atoms with E-state index in [9.17, 15) is 9.59 Å². The van der Waals surface area contributed by atoms with Crippen LogP contribution in [0.5, 0.6) is 0 Å². The molecule has 3 heteroatoms. The first-order chi connectivity index (χ1) is 17.3. The summed E-state index contributed by atoms with van der Waals surface area (Å²) in [5, 5.41) is 3.28. The van der Waals surface area contributed by atoms with Gasteiger partial charge < -0.3 is 5.32 Å². The molecule has 1 saturated carbocycles. The first kappa shape index (κ1) is 26.8. The summed E-state index contributed by atoms with van der Waals surface area (Å²) in [6.45, 7) is 9.57. The standard InChI is InChI=1S/C33H45NO2/c1-23(2)27-15-17-30-28(22-27)16-18-29-25(13-9-20-33(29,30)4)12-8-14-31(35)24(3)34-21-19-32(36)26-10-6-5-7-11-26/h5-7,10-11,15,17,22-25,29,34H,8-9,12-14,16,18-21H2,1-4H3/t24-,25?,29-,33+/m1/s1. The lowest BCUT2D eigenvalue weighted by Crippen LogP contribution is -2.44. The zero-order valence-corrected chi connectivity index (χ0v) is 22.8. The van der Waals surface area contributed by atoms with E-state index in [1.165, 1.54) is 37.7 Å². The number of fused-ring (bicyclic) bond motifs is 3. The molecule has 0 spiro atoms. The monoisotopic (exact) mass is 487 g/mol. The van der Waals surface area contributed by atoms with E-state index in [1.807, 2.05) is 37.3 Å². The molecule has 1 fully saturated rings. The van der Waals surface area contributed by atoms with Crippen molar-refractivity contribution >= 4 is 11.6 Å². The SMILES string of the molecule is CC(C)c1ccc2c(c1)CC[C@@H]1C(CCCC(=O)[C@@H](C)NCCC(=O)c3ccccc3)CCC[C@]21C. The van der Waals surface area contributed by atoms with Gasteiger partial charge in [-0.2, -0.15) is 0 Å². The molecule has 2 aromatic carbocycles. The third-order valence-electron chi connectivity index (χ3n) is 9.17. The van der Waals surface area contributed by atoms with Gasteiger partial charge in [-0.3, -0.25) is 9.59 Å². The first-order valence-corrected chi connectivity index (χ1v) is 14.3. The van der Waals surface area contributed by atoms with Crippen molar-refractivity contribution in [2.75, 3.05) is 6.54 Å². The Bertz CT molecular complexity index is 1040. The van der Waals surface area contributed by atoms with Crippen LogP contribution in [-0.2, 0) is 16.6 Å². The van der Waals surface area contributed by atoms with E-state index in [0.717, 1.165) is 30.2 Å². The van der Waals surface area contributed by atoms with Crippen molar-refractivity contribution in [2.24, 2.45) is 11.8 Å². The summed E-state index contributed by atoms with van der Waals surface area (Å²) >= 11 is 0. The van der Waals surface area contributed by atoms with Crippen molar-refractivity contribution in [3.05, 3.63) is 70.8 Å². The zero-order valence-electron chi connectivity index (χ0n) is 22.8. The molecule has 1 unspecified atom stereocenters. The molecule has 4 rings (SSSR count). The van der Waals surface area contributed by atoms with Crippen LogP contribution in [0.25, 0.3) is 0 Å². The lowest BCUT2D eigenvalue weighted by molar-refractivity contribution is -0.120. The van der Waals surface area contributed by atoms with Crippen LogP contribution in [0.2, 0.25) is 0 Å². The summed E-state index contributed by atoms with van der Waals surface area (Å²) in [4.78, 5) is 25.1. The summed E-state index contributed by atoms with van der Waals surface area (Å²) in [5.74, 6) is 2.44. The number of rotatable bonds is 11. The summed E-state index contributed by atoms with van der Waals surface area (Å²) in [7, 11) is 0. The topological polar surface area (TPSA) is 46.2 Å². The zero-order chi connectivity index (χ0) is 25.7. The van der Waals surface area contributed by atoms with Gasteiger partial charge in [-0.1, -0.05) is 82.1 Å². The highest BCUT2D eigenvalue weighted by molar-refractivity contribution is 5.96. The van der Waals surface area contributed by atoms with Gasteiger partial charge in [0.15, 0.2) is 5.78 Å². The average molecular weight is 488 g/mol. The number of Topliss-reactive ketones (excluding diaryl/α,β-unsaturated/α-hetero) is 2. The summed E-state index contributed by atoms with van der Waals surface area (Å²) in [6.07, 6.45) is 9.58. The van der Waals surface area contributed by atoms with Gasteiger partial charge in [0.1, 0.15) is 5.78 Å². The second-order valence-electron chi connectivity index (χ2n) is 11.9. The minimum Gasteiger partial charge on any atom is -0.307 e. The van der Waals surface area contributed by atoms with E-state index in [1.54, 1.807) is 11.1 Å². The molecule has 1 N–H and O–H groups in total. The molecule has 4 atom stereocenters. The molecule has 0 bridgehead atoms. The number of hydrogen-bond donors (Lipinski definition) is 1. The molecule has 0 aromatic heterocycles. The normalized spacial score (nSPS) is 24.1. The van der Waals surface area contributed by atoms with Gasteiger partial charge in [-0.05, 0) is 78.9 Å². The fourth-order valence-corrected chi connectivity index (χ4v) is 6.96. The van der Waals surface area contributed by atoms with Crippen molar-refractivity contribution in [3.63, 3.8) is 0 Å². The van der Waals surface area contributed by atoms with Crippen LogP contribution in [0.15, 0.2) is 48.5 Å². The molecule has 0 amide bonds. The minimum atomic E-state index is -0.193. The maximum atomic E-state index is 12.8. The Balaban J connectivity index is 1.25. The van der Waals surface area contributed by atoms with Crippen molar-refractivity contribution in [1.29, 1.82) is 0 Å². The Morgan fingerprint density at radius 1 is 1.03 bits per heavy atom. The Morgan fingerprint density at radius 2 is 1.81 bits per heavy atom. The van der Waals surface area contributed by atoms with E-state index in [-0.39, 0.29) is 23.0 Å². The van der Waals surface area contributed by atoms with Crippen molar-refractivity contribution in [1.82, 2.24) is 5.32 Å². The first-order valence-electron chi connectivity index (χ1n) is 14.3. The highest BCUT2D eigenvalue weighted by Crippen LogP contribution is 2.53. The largest absolute Gasteiger partial charge is 0.307 e. The Hall–Kier alpha value is -2.26. The molecule has 0 heterocycles. The highest BCUT2D eigenvalue weighted by Gasteiger charge is 2.45. The van der Waals surface area contributed by atoms with E-state index in [0.29, 0.717) is 25.3 Å². The number of ketones is 2. The van der Waals surface area contributed by atoms with Gasteiger partial charge in [0.2, 0.25) is 0 Å². The lowest BCUT2D eigenvalue weighted by Gasteiger charge is -2.50. The number of hydrogen-bond acceptors (Lipinski definition) is 3. The van der Waals surface area contributed by atoms with Gasteiger partial charge in [0.25, 0.3) is 0 Å². The maximum absolute atomic E-state index is 12.8. The highest BCUT2D eigenvalue weighted by atomic mass is 16.1. The molecule has 2 aliphatic carbocycles. The van der Waals surface area contributed by atoms with Crippen molar-refractivity contribution < 1.29 is 9.59 Å². The van der Waals surface area contributed by atoms with Crippen LogP contribution in [0.4, 0.5) is 0 Å². The van der Waals surface area contributed by atoms with Gasteiger partial charge in [-0.15, -0.1) is 0 Å². The predicted octanol–water partition coefficient (Wildman–Crippen LogP) is 7.42. The third-order valence-corrected chi connectivity index (χ3v) is 9.17. The van der Waals surface area contributed by atoms with Gasteiger partial charge >= 0.3 is 0 Å². The quantitative estimate of drug-likeness (QED) is 0.335. The average Bonchev–Trinajstić information content (AvgIpc) is 2.88. The van der Waals surface area contributed by atoms with Crippen LogP contribution in [-0.4, -0.2) is 24.2 Å². The van der Waals surface area contributed by atoms with E-state index in [2.05, 4.69) is 44.3 Å². The van der Waals surface area contributed by atoms with Crippen LogP contribution >= 0.6 is 0 Å². The second-order valence-corrected chi connectivity index (χ2v) is 11.9. The number of benzene rings is 2. The fraction of sp³-hybridized carbons (Fsp3) is 0.576. The Labute approximate surface area is 218 Å². The van der Waals surface area contributed by atoms with E-state index >= 15 is 0 Å². The molecule has 2 aliphatic rings. The van der Waals surface area contributed by atoms with E-state index in [4.69, 9.17) is 0 Å². The number of carbonyl (C=O) groups excluding carboxylic acids is 2. The van der Waals surface area contributed by atoms with E-state index < -0.39 is 0 Å². The summed E-state index contributed by atoms with van der Waals surface area (Å²) in [6, 6.07) is 16.5. The smallest absolute Gasteiger partial charge is 0.164 e. The fourth-order valence-electron chi connectivity index (χ4n) is 6.96. The van der Waals surface area contributed by atoms with Crippen LogP contribution < -0.4 is 5.32 Å². The predicted molar refractivity (Wildman–Crippen MR) is 149 cm³/mol. The molecule has 2 aromatic rings. The third kappa shape index (κ3) is 5.99. The van der Waals surface area contributed by atoms with Crippen LogP contribution in [0.1, 0.15) is 112 Å². The van der Waals surface area contributed by atoms with Gasteiger partial charge in [0, 0.05) is 24.9 Å². The Morgan fingerprint density at radius 3 is 2.56 bits per heavy atom. The molecule has 0 radical (unpaired) electrons. The molecule has 3 nitrogen and oxygen atoms in total. The second kappa shape index (κ2) is 11.9. The molecule has 0 aliphatic heterocycles. The molecule has 194 valence electrons. The number of nitrogens with one attached hydrogen (secondary N) is 1. The van der Waals surface area contributed by atoms with Gasteiger partial charge in [0.05, 0.1) is 6.04 Å². The Kier molecular flexibility index (Phi) is 8.83. The van der Waals surface area contributed by atoms with Gasteiger partial charge in [-0.25, -0.2) is 0 Å². The maximum Gasteiger partial charge on any atom is 0.164 e.